The molecule has 1 saturated heterocycles. The minimum Gasteiger partial charge on any atom is -0.491 e. The summed E-state index contributed by atoms with van der Waals surface area (Å²) in [5.41, 5.74) is 8.38. The number of nitrogens with zero attached hydrogens (tertiary/aromatic N) is 4. The van der Waals surface area contributed by atoms with Crippen LogP contribution in [-0.2, 0) is 54.8 Å². The van der Waals surface area contributed by atoms with Gasteiger partial charge in [0.15, 0.2) is 6.04 Å². The number of β-amino-alcohol motifs (C(OH)–C–C–N with tert-alkyl or cyclic N) is 1. The number of methoxy groups -OCH3 is 1. The van der Waals surface area contributed by atoms with Crippen LogP contribution in [0.1, 0.15) is 87.5 Å². The van der Waals surface area contributed by atoms with E-state index in [4.69, 9.17) is 23.7 Å². The molecule has 78 heavy (non-hydrogen) atoms. The Morgan fingerprint density at radius 1 is 0.872 bits per heavy atom. The highest BCUT2D eigenvalue weighted by atomic mass is 32.1. The molecule has 5 atom stereocenters. The molecule has 1 aromatic heterocycles. The molecule has 0 aliphatic carbocycles. The number of halogens is 1. The van der Waals surface area contributed by atoms with Crippen molar-refractivity contribution in [3.8, 4) is 33.8 Å². The van der Waals surface area contributed by atoms with Gasteiger partial charge in [0.2, 0.25) is 11.8 Å². The standard InChI is InChI=1S/C60H62FN5O11S/c1-37(2)53(65-32-43-14-8-9-18-47(43)57(65)69)59(71)64-34-46(67)30-49(64)56(68)62-31-42-20-19-41(55-38(3)63-36-78-55)28-51(42)76-27-26-75-25-24-74-23-11-17-40-15-10-16-44-33-66(58(70)52(40)44)54(60(72)73-4)48-29-45(61)21-22-50(48)77-35-39-12-6-5-7-13-39/h5-10,12-16,18-22,28-29,36-37,46,49,53-54,57,67,69H,23-27,30-35H2,1-4H3,(H,62,68)/t46-,49+,53+,54?,57?/m1/s1. The van der Waals surface area contributed by atoms with E-state index in [0.29, 0.717) is 34.5 Å². The van der Waals surface area contributed by atoms with Crippen LogP contribution in [0.15, 0.2) is 115 Å². The van der Waals surface area contributed by atoms with Gasteiger partial charge in [0.1, 0.15) is 49.4 Å². The topological polar surface area (TPSA) is 190 Å². The SMILES string of the molecule is COC(=O)C(c1cc(F)ccc1OCc1ccccc1)N1Cc2cccc(C#CCOCCOCCOc3cc(-c4scnc4C)ccc3CNC(=O)[C@@H]3C[C@@H](O)CN3C(=O)[C@H](C(C)C)N3Cc4ccccc4C3O)c2C1=O. The molecule has 3 N–H and O–H groups in total. The summed E-state index contributed by atoms with van der Waals surface area (Å²) in [5, 5.41) is 25.1. The lowest BCUT2D eigenvalue weighted by Crippen LogP contribution is -2.54. The van der Waals surface area contributed by atoms with Gasteiger partial charge in [-0.25, -0.2) is 14.2 Å². The summed E-state index contributed by atoms with van der Waals surface area (Å²) < 4.78 is 43.9. The zero-order valence-electron chi connectivity index (χ0n) is 43.9. The molecule has 1 fully saturated rings. The number of esters is 1. The van der Waals surface area contributed by atoms with Crippen molar-refractivity contribution >= 4 is 35.0 Å². The minimum atomic E-state index is -1.30. The Hall–Kier alpha value is -7.50. The number of likely N-dealkylation sites (tertiary alicyclic amines) is 1. The zero-order valence-corrected chi connectivity index (χ0v) is 44.7. The number of amides is 3. The Balaban J connectivity index is 0.774. The van der Waals surface area contributed by atoms with E-state index in [1.54, 1.807) is 28.6 Å². The monoisotopic (exact) mass is 1080 g/mol. The fourth-order valence-electron chi connectivity index (χ4n) is 10.3. The second kappa shape index (κ2) is 25.3. The lowest BCUT2D eigenvalue weighted by atomic mass is 10.00. The summed E-state index contributed by atoms with van der Waals surface area (Å²) in [6.07, 6.45) is -1.78. The molecule has 6 aromatic rings. The number of ether oxygens (including phenoxy) is 5. The number of aliphatic hydroxyl groups is 2. The number of hydrogen-bond donors (Lipinski definition) is 3. The second-order valence-electron chi connectivity index (χ2n) is 19.6. The number of rotatable bonds is 21. The zero-order chi connectivity index (χ0) is 54.9. The number of fused-ring (bicyclic) bond motifs is 2. The first kappa shape index (κ1) is 55.3. The average molecular weight is 1080 g/mol. The highest BCUT2D eigenvalue weighted by Crippen LogP contribution is 2.40. The van der Waals surface area contributed by atoms with Gasteiger partial charge in [-0.15, -0.1) is 11.3 Å². The first-order valence-corrected chi connectivity index (χ1v) is 26.7. The number of benzene rings is 5. The number of carbonyl (C=O) groups excluding carboxylic acids is 4. The van der Waals surface area contributed by atoms with Gasteiger partial charge in [0.05, 0.1) is 60.7 Å². The number of aliphatic hydroxyl groups excluding tert-OH is 2. The van der Waals surface area contributed by atoms with E-state index in [1.807, 2.05) is 93.6 Å². The van der Waals surface area contributed by atoms with Crippen molar-refractivity contribution in [3.63, 3.8) is 0 Å². The molecule has 9 rings (SSSR count). The van der Waals surface area contributed by atoms with Crippen molar-refractivity contribution in [2.75, 3.05) is 46.7 Å². The third-order valence-electron chi connectivity index (χ3n) is 14.1. The van der Waals surface area contributed by atoms with Crippen molar-refractivity contribution in [1.82, 2.24) is 25.0 Å². The molecule has 3 aliphatic rings. The van der Waals surface area contributed by atoms with Gasteiger partial charge in [-0.05, 0) is 71.0 Å². The molecular formula is C60H62FN5O11S. The molecule has 406 valence electrons. The number of carbonyl (C=O) groups is 4. The molecular weight excluding hydrogens is 1020 g/mol. The smallest absolute Gasteiger partial charge is 0.333 e. The summed E-state index contributed by atoms with van der Waals surface area (Å²) in [4.78, 5) is 65.8. The van der Waals surface area contributed by atoms with Crippen LogP contribution in [0.2, 0.25) is 0 Å². The van der Waals surface area contributed by atoms with Crippen LogP contribution < -0.4 is 14.8 Å². The van der Waals surface area contributed by atoms with E-state index in [2.05, 4.69) is 22.1 Å². The predicted octanol–water partition coefficient (Wildman–Crippen LogP) is 7.28. The quantitative estimate of drug-likeness (QED) is 0.0371. The summed E-state index contributed by atoms with van der Waals surface area (Å²) in [6, 6.07) is 28.9. The van der Waals surface area contributed by atoms with Gasteiger partial charge in [-0.3, -0.25) is 19.3 Å². The molecule has 2 unspecified atom stereocenters. The Morgan fingerprint density at radius 3 is 2.41 bits per heavy atom. The molecule has 0 spiro atoms. The van der Waals surface area contributed by atoms with Crippen molar-refractivity contribution in [1.29, 1.82) is 0 Å². The van der Waals surface area contributed by atoms with Gasteiger partial charge in [0, 0.05) is 49.3 Å². The van der Waals surface area contributed by atoms with Crippen molar-refractivity contribution < 1.29 is 57.5 Å². The maximum atomic E-state index is 14.8. The van der Waals surface area contributed by atoms with Crippen molar-refractivity contribution in [2.24, 2.45) is 5.92 Å². The van der Waals surface area contributed by atoms with Crippen molar-refractivity contribution in [3.05, 3.63) is 171 Å². The molecule has 5 aromatic carbocycles. The van der Waals surface area contributed by atoms with E-state index >= 15 is 0 Å². The van der Waals surface area contributed by atoms with Crippen LogP contribution in [-0.4, -0.2) is 118 Å². The lowest BCUT2D eigenvalue weighted by molar-refractivity contribution is -0.149. The van der Waals surface area contributed by atoms with E-state index in [0.717, 1.165) is 32.8 Å². The van der Waals surface area contributed by atoms with Gasteiger partial charge in [-0.2, -0.15) is 0 Å². The van der Waals surface area contributed by atoms with E-state index in [9.17, 15) is 33.8 Å². The predicted molar refractivity (Wildman–Crippen MR) is 288 cm³/mol. The Bertz CT molecular complexity index is 3200. The Labute approximate surface area is 456 Å². The van der Waals surface area contributed by atoms with Crippen LogP contribution >= 0.6 is 11.3 Å². The molecule has 18 heteroatoms. The van der Waals surface area contributed by atoms with Gasteiger partial charge >= 0.3 is 5.97 Å². The van der Waals surface area contributed by atoms with E-state index < -0.39 is 54.1 Å². The summed E-state index contributed by atoms with van der Waals surface area (Å²) in [6.45, 7) is 7.32. The maximum absolute atomic E-state index is 14.8. The highest BCUT2D eigenvalue weighted by molar-refractivity contribution is 7.13. The Kier molecular flexibility index (Phi) is 17.9. The summed E-state index contributed by atoms with van der Waals surface area (Å²) >= 11 is 1.50. The van der Waals surface area contributed by atoms with Crippen LogP contribution in [0.3, 0.4) is 0 Å². The van der Waals surface area contributed by atoms with Crippen LogP contribution in [0.4, 0.5) is 4.39 Å². The number of nitrogens with one attached hydrogen (secondary N) is 1. The maximum Gasteiger partial charge on any atom is 0.333 e. The van der Waals surface area contributed by atoms with E-state index in [1.165, 1.54) is 46.4 Å². The largest absolute Gasteiger partial charge is 0.491 e. The molecule has 3 aliphatic heterocycles. The molecule has 4 heterocycles. The van der Waals surface area contributed by atoms with Crippen molar-refractivity contribution in [2.45, 2.75) is 83.9 Å². The molecule has 0 radical (unpaired) electrons. The average Bonchev–Trinajstić information content (AvgIpc) is 4.26. The third-order valence-corrected chi connectivity index (χ3v) is 15.1. The number of hydrogen-bond acceptors (Lipinski definition) is 14. The van der Waals surface area contributed by atoms with Gasteiger partial charge < -0.3 is 49.0 Å². The number of aromatic nitrogens is 1. The van der Waals surface area contributed by atoms with Gasteiger partial charge in [-0.1, -0.05) is 105 Å². The minimum absolute atomic E-state index is 0.000239. The molecule has 0 bridgehead atoms. The summed E-state index contributed by atoms with van der Waals surface area (Å²) in [7, 11) is 1.21. The second-order valence-corrected chi connectivity index (χ2v) is 20.5. The number of aryl methyl sites for hydroxylation is 1. The first-order chi connectivity index (χ1) is 37.8. The highest BCUT2D eigenvalue weighted by Gasteiger charge is 2.46. The van der Waals surface area contributed by atoms with Crippen LogP contribution in [0.25, 0.3) is 10.4 Å². The fraction of sp³-hybridized carbons (Fsp3) is 0.350. The first-order valence-electron chi connectivity index (χ1n) is 25.9. The molecule has 3 amide bonds. The third kappa shape index (κ3) is 12.4. The van der Waals surface area contributed by atoms with Crippen LogP contribution in [0.5, 0.6) is 11.5 Å². The number of thiazole rings is 1. The van der Waals surface area contributed by atoms with Gasteiger partial charge in [0.25, 0.3) is 5.91 Å². The van der Waals surface area contributed by atoms with E-state index in [-0.39, 0.29) is 88.8 Å². The fourth-order valence-corrected chi connectivity index (χ4v) is 11.1. The molecule has 0 saturated carbocycles. The Morgan fingerprint density at radius 2 is 1.64 bits per heavy atom. The normalized spacial score (nSPS) is 17.5. The molecule has 16 nitrogen and oxygen atoms in total. The summed E-state index contributed by atoms with van der Waals surface area (Å²) in [5.74, 6) is 4.04. The lowest BCUT2D eigenvalue weighted by Gasteiger charge is -2.36. The van der Waals surface area contributed by atoms with Crippen LogP contribution in [0, 0.1) is 30.5 Å².